The molecular weight excluding hydrogens is 221 g/mol. The van der Waals surface area contributed by atoms with Crippen molar-refractivity contribution in [2.45, 2.75) is 0 Å². The molecule has 0 saturated carbocycles. The summed E-state index contributed by atoms with van der Waals surface area (Å²) in [7, 11) is 0. The van der Waals surface area contributed by atoms with Gasteiger partial charge in [0.1, 0.15) is 17.5 Å². The van der Waals surface area contributed by atoms with E-state index in [1.54, 1.807) is 0 Å². The number of nitrogens with zero attached hydrogens (tertiary/aromatic N) is 1. The summed E-state index contributed by atoms with van der Waals surface area (Å²) in [5.74, 6) is -2.07. The smallest absolute Gasteiger partial charge is 0.346 e. The van der Waals surface area contributed by atoms with Crippen LogP contribution in [-0.4, -0.2) is 11.1 Å². The average molecular weight is 226 g/mol. The molecule has 1 rings (SSSR count). The minimum Gasteiger partial charge on any atom is -0.477 e. The van der Waals surface area contributed by atoms with Gasteiger partial charge in [0.15, 0.2) is 0 Å². The van der Waals surface area contributed by atoms with E-state index < -0.39 is 17.4 Å². The lowest BCUT2D eigenvalue weighted by Gasteiger charge is -1.97. The van der Waals surface area contributed by atoms with Gasteiger partial charge >= 0.3 is 5.97 Å². The van der Waals surface area contributed by atoms with Crippen molar-refractivity contribution in [1.29, 1.82) is 5.26 Å². The van der Waals surface area contributed by atoms with Crippen LogP contribution in [0.25, 0.3) is 6.08 Å². The van der Waals surface area contributed by atoms with Gasteiger partial charge in [0.2, 0.25) is 0 Å². The van der Waals surface area contributed by atoms with E-state index in [1.165, 1.54) is 18.2 Å². The molecule has 0 atom stereocenters. The maximum absolute atomic E-state index is 13.2. The lowest BCUT2D eigenvalue weighted by atomic mass is 10.1. The van der Waals surface area contributed by atoms with Crippen molar-refractivity contribution in [2.24, 2.45) is 0 Å². The Labute approximate surface area is 90.0 Å². The summed E-state index contributed by atoms with van der Waals surface area (Å²) >= 11 is 5.51. The Morgan fingerprint density at radius 2 is 2.27 bits per heavy atom. The van der Waals surface area contributed by atoms with Crippen LogP contribution in [0, 0.1) is 17.1 Å². The highest BCUT2D eigenvalue weighted by Gasteiger charge is 2.08. The van der Waals surface area contributed by atoms with Crippen molar-refractivity contribution in [1.82, 2.24) is 0 Å². The number of carboxylic acids is 1. The van der Waals surface area contributed by atoms with Crippen LogP contribution >= 0.6 is 11.6 Å². The van der Waals surface area contributed by atoms with Crippen molar-refractivity contribution in [3.05, 3.63) is 40.2 Å². The molecule has 0 fully saturated rings. The molecule has 1 aromatic rings. The quantitative estimate of drug-likeness (QED) is 0.621. The molecule has 0 heterocycles. The van der Waals surface area contributed by atoms with E-state index in [0.717, 1.165) is 12.1 Å². The topological polar surface area (TPSA) is 61.1 Å². The zero-order valence-electron chi connectivity index (χ0n) is 7.37. The van der Waals surface area contributed by atoms with Crippen molar-refractivity contribution in [2.75, 3.05) is 0 Å². The van der Waals surface area contributed by atoms with Gasteiger partial charge in [-0.1, -0.05) is 17.7 Å². The molecule has 0 aliphatic carbocycles. The first-order valence-electron chi connectivity index (χ1n) is 3.84. The molecule has 0 aromatic heterocycles. The fourth-order valence-electron chi connectivity index (χ4n) is 0.916. The van der Waals surface area contributed by atoms with Crippen LogP contribution < -0.4 is 0 Å². The second kappa shape index (κ2) is 4.58. The molecule has 1 aromatic carbocycles. The summed E-state index contributed by atoms with van der Waals surface area (Å²) in [6.45, 7) is 0. The third kappa shape index (κ3) is 2.79. The van der Waals surface area contributed by atoms with Gasteiger partial charge in [-0.25, -0.2) is 9.18 Å². The van der Waals surface area contributed by atoms with Gasteiger partial charge in [-0.3, -0.25) is 0 Å². The Kier molecular flexibility index (Phi) is 3.42. The number of hydrogen-bond donors (Lipinski definition) is 1. The normalized spacial score (nSPS) is 10.9. The van der Waals surface area contributed by atoms with Gasteiger partial charge in [0.25, 0.3) is 0 Å². The number of carbonyl (C=O) groups is 1. The van der Waals surface area contributed by atoms with Crippen LogP contribution in [0.4, 0.5) is 4.39 Å². The summed E-state index contributed by atoms with van der Waals surface area (Å²) in [5, 5.41) is 17.2. The lowest BCUT2D eigenvalue weighted by molar-refractivity contribution is -0.132. The van der Waals surface area contributed by atoms with Crippen LogP contribution in [0.5, 0.6) is 0 Å². The zero-order chi connectivity index (χ0) is 11.4. The molecule has 15 heavy (non-hydrogen) atoms. The standard InChI is InChI=1S/C10H5ClFNO2/c11-8-2-1-6(9(12)4-8)3-7(5-13)10(14)15/h1-4H,(H,14,15)/b7-3+. The van der Waals surface area contributed by atoms with Crippen LogP contribution in [0.1, 0.15) is 5.56 Å². The molecule has 76 valence electrons. The number of carboxylic acid groups (broad SMARTS) is 1. The van der Waals surface area contributed by atoms with E-state index in [1.807, 2.05) is 0 Å². The van der Waals surface area contributed by atoms with Gasteiger partial charge in [0, 0.05) is 10.6 Å². The molecule has 0 unspecified atom stereocenters. The predicted octanol–water partition coefficient (Wildman–Crippen LogP) is 2.47. The van der Waals surface area contributed by atoms with Gasteiger partial charge in [-0.2, -0.15) is 5.26 Å². The SMILES string of the molecule is N#C/C(=C\c1ccc(Cl)cc1F)C(=O)O. The minimum absolute atomic E-state index is 0.0124. The van der Waals surface area contributed by atoms with Crippen molar-refractivity contribution in [3.63, 3.8) is 0 Å². The zero-order valence-corrected chi connectivity index (χ0v) is 8.12. The highest BCUT2D eigenvalue weighted by molar-refractivity contribution is 6.30. The summed E-state index contributed by atoms with van der Waals surface area (Å²) in [6, 6.07) is 5.21. The van der Waals surface area contributed by atoms with E-state index >= 15 is 0 Å². The van der Waals surface area contributed by atoms with Gasteiger partial charge in [-0.05, 0) is 18.2 Å². The monoisotopic (exact) mass is 225 g/mol. The first kappa shape index (κ1) is 11.2. The Hall–Kier alpha value is -1.86. The Balaban J connectivity index is 3.19. The van der Waals surface area contributed by atoms with Gasteiger partial charge in [0.05, 0.1) is 0 Å². The molecule has 0 aliphatic rings. The van der Waals surface area contributed by atoms with Gasteiger partial charge < -0.3 is 5.11 Å². The lowest BCUT2D eigenvalue weighted by Crippen LogP contribution is -1.97. The van der Waals surface area contributed by atoms with Crippen molar-refractivity contribution in [3.8, 4) is 6.07 Å². The fraction of sp³-hybridized carbons (Fsp3) is 0. The van der Waals surface area contributed by atoms with E-state index in [-0.39, 0.29) is 10.6 Å². The Morgan fingerprint density at radius 1 is 1.60 bits per heavy atom. The summed E-state index contributed by atoms with van der Waals surface area (Å²) < 4.78 is 13.2. The van der Waals surface area contributed by atoms with E-state index in [0.29, 0.717) is 0 Å². The highest BCUT2D eigenvalue weighted by Crippen LogP contribution is 2.17. The minimum atomic E-state index is -1.40. The molecule has 5 heteroatoms. The summed E-state index contributed by atoms with van der Waals surface area (Å²) in [6.07, 6.45) is 0.952. The maximum Gasteiger partial charge on any atom is 0.346 e. The van der Waals surface area contributed by atoms with Crippen LogP contribution in [0.15, 0.2) is 23.8 Å². The van der Waals surface area contributed by atoms with E-state index in [4.69, 9.17) is 22.0 Å². The number of aliphatic carboxylic acids is 1. The third-order valence-corrected chi connectivity index (χ3v) is 1.85. The molecular formula is C10H5ClFNO2. The maximum atomic E-state index is 13.2. The molecule has 0 saturated heterocycles. The van der Waals surface area contributed by atoms with E-state index in [2.05, 4.69) is 0 Å². The number of hydrogen-bond acceptors (Lipinski definition) is 2. The second-order valence-electron chi connectivity index (χ2n) is 2.64. The van der Waals surface area contributed by atoms with E-state index in [9.17, 15) is 9.18 Å². The van der Waals surface area contributed by atoms with Crippen LogP contribution in [-0.2, 0) is 4.79 Å². The fourth-order valence-corrected chi connectivity index (χ4v) is 1.07. The molecule has 1 N–H and O–H groups in total. The molecule has 0 aliphatic heterocycles. The molecule has 0 amide bonds. The number of halogens is 2. The summed E-state index contributed by atoms with van der Waals surface area (Å²) in [4.78, 5) is 10.5. The predicted molar refractivity (Wildman–Crippen MR) is 52.6 cm³/mol. The van der Waals surface area contributed by atoms with Crippen LogP contribution in [0.3, 0.4) is 0 Å². The second-order valence-corrected chi connectivity index (χ2v) is 3.08. The first-order valence-corrected chi connectivity index (χ1v) is 4.22. The first-order chi connectivity index (χ1) is 7.04. The largest absolute Gasteiger partial charge is 0.477 e. The molecule has 3 nitrogen and oxygen atoms in total. The highest BCUT2D eigenvalue weighted by atomic mass is 35.5. The Morgan fingerprint density at radius 3 is 2.73 bits per heavy atom. The third-order valence-electron chi connectivity index (χ3n) is 1.61. The Bertz CT molecular complexity index is 477. The number of benzene rings is 1. The average Bonchev–Trinajstić information content (AvgIpc) is 2.16. The van der Waals surface area contributed by atoms with Crippen molar-refractivity contribution < 1.29 is 14.3 Å². The molecule has 0 spiro atoms. The van der Waals surface area contributed by atoms with Crippen LogP contribution in [0.2, 0.25) is 5.02 Å². The van der Waals surface area contributed by atoms with Gasteiger partial charge in [-0.15, -0.1) is 0 Å². The molecule has 0 radical (unpaired) electrons. The molecule has 0 bridgehead atoms. The van der Waals surface area contributed by atoms with Crippen molar-refractivity contribution >= 4 is 23.6 Å². The summed E-state index contributed by atoms with van der Waals surface area (Å²) in [5.41, 5.74) is -0.519. The number of nitriles is 1. The number of rotatable bonds is 2.